The number of rotatable bonds is 3. The zero-order chi connectivity index (χ0) is 15.8. The minimum absolute atomic E-state index is 0.709. The van der Waals surface area contributed by atoms with Gasteiger partial charge in [-0.15, -0.1) is 0 Å². The van der Waals surface area contributed by atoms with Crippen LogP contribution in [0.5, 0.6) is 11.5 Å². The number of hydrogen-bond donors (Lipinski definition) is 1. The molecule has 5 nitrogen and oxygen atoms in total. The highest BCUT2D eigenvalue weighted by Crippen LogP contribution is 2.36. The van der Waals surface area contributed by atoms with Gasteiger partial charge in [-0.1, -0.05) is 30.3 Å². The Morgan fingerprint density at radius 1 is 1.00 bits per heavy atom. The van der Waals surface area contributed by atoms with Crippen LogP contribution in [0.25, 0.3) is 33.1 Å². The Hall–Kier alpha value is -3.08. The fourth-order valence-electron chi connectivity index (χ4n) is 2.83. The van der Waals surface area contributed by atoms with Gasteiger partial charge in [-0.3, -0.25) is 10.1 Å². The van der Waals surface area contributed by atoms with Crippen molar-refractivity contribution >= 4 is 21.8 Å². The van der Waals surface area contributed by atoms with Crippen molar-refractivity contribution in [2.45, 2.75) is 0 Å². The number of fused-ring (bicyclic) bond motifs is 3. The Balaban J connectivity index is 2.05. The van der Waals surface area contributed by atoms with Gasteiger partial charge in [0.05, 0.1) is 30.6 Å². The summed E-state index contributed by atoms with van der Waals surface area (Å²) in [5.74, 6) is 1.42. The maximum atomic E-state index is 5.53. The molecule has 114 valence electrons. The number of benzene rings is 2. The first-order valence-corrected chi connectivity index (χ1v) is 7.26. The van der Waals surface area contributed by atoms with E-state index >= 15 is 0 Å². The molecule has 4 rings (SSSR count). The number of aromatic amines is 1. The van der Waals surface area contributed by atoms with Gasteiger partial charge in [-0.2, -0.15) is 5.10 Å². The highest BCUT2D eigenvalue weighted by Gasteiger charge is 2.15. The summed E-state index contributed by atoms with van der Waals surface area (Å²) < 4.78 is 10.8. The van der Waals surface area contributed by atoms with Crippen molar-refractivity contribution in [3.63, 3.8) is 0 Å². The molecule has 0 fully saturated rings. The van der Waals surface area contributed by atoms with Crippen LogP contribution in [0.4, 0.5) is 0 Å². The Bertz CT molecular complexity index is 993. The number of methoxy groups -OCH3 is 2. The van der Waals surface area contributed by atoms with Gasteiger partial charge in [0, 0.05) is 29.3 Å². The summed E-state index contributed by atoms with van der Waals surface area (Å²) in [6.07, 6.45) is 1.84. The molecule has 2 heterocycles. The predicted molar refractivity (Wildman–Crippen MR) is 89.9 cm³/mol. The second-order valence-corrected chi connectivity index (χ2v) is 5.21. The largest absolute Gasteiger partial charge is 0.497 e. The molecule has 0 saturated heterocycles. The van der Waals surface area contributed by atoms with Gasteiger partial charge in [0.25, 0.3) is 0 Å². The van der Waals surface area contributed by atoms with Crippen LogP contribution in [0.2, 0.25) is 0 Å². The summed E-state index contributed by atoms with van der Waals surface area (Å²) >= 11 is 0. The third-order valence-corrected chi connectivity index (χ3v) is 3.94. The van der Waals surface area contributed by atoms with E-state index in [2.05, 4.69) is 15.2 Å². The van der Waals surface area contributed by atoms with Crippen molar-refractivity contribution in [3.8, 4) is 22.8 Å². The van der Waals surface area contributed by atoms with Crippen molar-refractivity contribution in [1.82, 2.24) is 15.2 Å². The molecular formula is C18H15N3O2. The molecule has 0 aliphatic carbocycles. The molecule has 0 spiro atoms. The first kappa shape index (κ1) is 13.6. The van der Waals surface area contributed by atoms with Crippen molar-refractivity contribution in [3.05, 3.63) is 48.7 Å². The van der Waals surface area contributed by atoms with E-state index in [1.165, 1.54) is 0 Å². The maximum absolute atomic E-state index is 5.53. The topological polar surface area (TPSA) is 60.0 Å². The Kier molecular flexibility index (Phi) is 3.12. The van der Waals surface area contributed by atoms with Gasteiger partial charge in [-0.05, 0) is 0 Å². The molecule has 2 aromatic carbocycles. The normalized spacial score (nSPS) is 11.0. The fraction of sp³-hybridized carbons (Fsp3) is 0.111. The third-order valence-electron chi connectivity index (χ3n) is 3.94. The van der Waals surface area contributed by atoms with E-state index in [0.717, 1.165) is 33.1 Å². The number of aromatic nitrogens is 3. The fourth-order valence-corrected chi connectivity index (χ4v) is 2.83. The van der Waals surface area contributed by atoms with E-state index in [4.69, 9.17) is 9.47 Å². The van der Waals surface area contributed by atoms with Crippen LogP contribution in [-0.4, -0.2) is 29.4 Å². The first-order valence-electron chi connectivity index (χ1n) is 7.26. The lowest BCUT2D eigenvalue weighted by atomic mass is 10.1. The molecule has 23 heavy (non-hydrogen) atoms. The van der Waals surface area contributed by atoms with Gasteiger partial charge in [-0.25, -0.2) is 0 Å². The maximum Gasteiger partial charge on any atom is 0.134 e. The number of nitrogens with one attached hydrogen (secondary N) is 1. The zero-order valence-corrected chi connectivity index (χ0v) is 12.8. The SMILES string of the molecule is COc1cc(OC)c2c(c1)ncc1c(-c3ccccc3)n[nH]c12. The average Bonchev–Trinajstić information content (AvgIpc) is 3.05. The van der Waals surface area contributed by atoms with Crippen LogP contribution in [0.1, 0.15) is 0 Å². The van der Waals surface area contributed by atoms with E-state index in [1.54, 1.807) is 14.2 Å². The van der Waals surface area contributed by atoms with Crippen molar-refractivity contribution in [2.24, 2.45) is 0 Å². The molecule has 5 heteroatoms. The number of hydrogen-bond acceptors (Lipinski definition) is 4. The molecule has 0 aliphatic rings. The van der Waals surface area contributed by atoms with Crippen LogP contribution >= 0.6 is 0 Å². The molecule has 1 N–H and O–H groups in total. The lowest BCUT2D eigenvalue weighted by Gasteiger charge is -2.09. The van der Waals surface area contributed by atoms with Gasteiger partial charge >= 0.3 is 0 Å². The van der Waals surface area contributed by atoms with Crippen LogP contribution in [0, 0.1) is 0 Å². The van der Waals surface area contributed by atoms with Crippen LogP contribution in [0.15, 0.2) is 48.7 Å². The first-order chi connectivity index (χ1) is 11.3. The Labute approximate surface area is 132 Å². The van der Waals surface area contributed by atoms with Gasteiger partial charge in [0.15, 0.2) is 0 Å². The minimum atomic E-state index is 0.709. The standard InChI is InChI=1S/C18H15N3O2/c1-22-12-8-14-16(15(9-12)23-2)18-13(10-19-14)17(20-21-18)11-6-4-3-5-7-11/h3-10H,1-2H3,(H,20,21). The highest BCUT2D eigenvalue weighted by atomic mass is 16.5. The molecule has 0 atom stereocenters. The second-order valence-electron chi connectivity index (χ2n) is 5.21. The third kappa shape index (κ3) is 2.09. The summed E-state index contributed by atoms with van der Waals surface area (Å²) in [4.78, 5) is 4.56. The second kappa shape index (κ2) is 5.28. The van der Waals surface area contributed by atoms with E-state index in [9.17, 15) is 0 Å². The predicted octanol–water partition coefficient (Wildman–Crippen LogP) is 3.80. The van der Waals surface area contributed by atoms with E-state index in [0.29, 0.717) is 11.5 Å². The smallest absolute Gasteiger partial charge is 0.134 e. The van der Waals surface area contributed by atoms with Gasteiger partial charge in [0.2, 0.25) is 0 Å². The molecule has 0 unspecified atom stereocenters. The summed E-state index contributed by atoms with van der Waals surface area (Å²) in [5.41, 5.74) is 3.64. The van der Waals surface area contributed by atoms with Crippen LogP contribution < -0.4 is 9.47 Å². The van der Waals surface area contributed by atoms with Crippen LogP contribution in [-0.2, 0) is 0 Å². The Morgan fingerprint density at radius 2 is 1.83 bits per heavy atom. The quantitative estimate of drug-likeness (QED) is 0.625. The molecule has 4 aromatic rings. The van der Waals surface area contributed by atoms with Gasteiger partial charge in [0.1, 0.15) is 17.2 Å². The zero-order valence-electron chi connectivity index (χ0n) is 12.8. The number of ether oxygens (including phenoxy) is 2. The van der Waals surface area contributed by atoms with Gasteiger partial charge < -0.3 is 9.47 Å². The molecular weight excluding hydrogens is 290 g/mol. The van der Waals surface area contributed by atoms with E-state index in [-0.39, 0.29) is 0 Å². The highest BCUT2D eigenvalue weighted by molar-refractivity contribution is 6.10. The lowest BCUT2D eigenvalue weighted by Crippen LogP contribution is -1.91. The summed E-state index contributed by atoms with van der Waals surface area (Å²) in [6, 6.07) is 13.8. The van der Waals surface area contributed by atoms with E-state index in [1.807, 2.05) is 48.7 Å². The minimum Gasteiger partial charge on any atom is -0.497 e. The molecule has 0 saturated carbocycles. The molecule has 0 bridgehead atoms. The molecule has 2 aromatic heterocycles. The monoisotopic (exact) mass is 305 g/mol. The summed E-state index contributed by atoms with van der Waals surface area (Å²) in [6.45, 7) is 0. The van der Waals surface area contributed by atoms with Crippen molar-refractivity contribution < 1.29 is 9.47 Å². The number of H-pyrrole nitrogens is 1. The van der Waals surface area contributed by atoms with Crippen molar-refractivity contribution in [2.75, 3.05) is 14.2 Å². The Morgan fingerprint density at radius 3 is 2.57 bits per heavy atom. The summed E-state index contributed by atoms with van der Waals surface area (Å²) in [5, 5.41) is 9.48. The molecule has 0 amide bonds. The molecule has 0 radical (unpaired) electrons. The lowest BCUT2D eigenvalue weighted by molar-refractivity contribution is 0.398. The average molecular weight is 305 g/mol. The van der Waals surface area contributed by atoms with E-state index < -0.39 is 0 Å². The molecule has 0 aliphatic heterocycles. The number of pyridine rings is 1. The summed E-state index contributed by atoms with van der Waals surface area (Å²) in [7, 11) is 3.27. The van der Waals surface area contributed by atoms with Crippen molar-refractivity contribution in [1.29, 1.82) is 0 Å². The van der Waals surface area contributed by atoms with Crippen LogP contribution in [0.3, 0.4) is 0 Å². The number of nitrogens with zero attached hydrogens (tertiary/aromatic N) is 2.